The largest absolute Gasteiger partial charge is 0.481 e. The van der Waals surface area contributed by atoms with Crippen LogP contribution in [0.4, 0.5) is 13.2 Å². The molecule has 1 aromatic heterocycles. The van der Waals surface area contributed by atoms with Crippen LogP contribution in [0.5, 0.6) is 0 Å². The number of hydrogen-bond acceptors (Lipinski definition) is 4. The zero-order valence-electron chi connectivity index (χ0n) is 9.40. The second kappa shape index (κ2) is 5.38. The van der Waals surface area contributed by atoms with Gasteiger partial charge in [-0.25, -0.2) is 4.98 Å². The number of nitrogens with zero attached hydrogens (tertiary/aromatic N) is 1. The molecule has 0 spiro atoms. The van der Waals surface area contributed by atoms with Gasteiger partial charge in [0.05, 0.1) is 21.5 Å². The minimum absolute atomic E-state index is 0.0519. The molecule has 0 atom stereocenters. The molecule has 8 heteroatoms. The molecule has 0 bridgehead atoms. The van der Waals surface area contributed by atoms with Crippen molar-refractivity contribution in [3.05, 3.63) is 28.8 Å². The van der Waals surface area contributed by atoms with Gasteiger partial charge in [-0.05, 0) is 18.2 Å². The van der Waals surface area contributed by atoms with E-state index in [2.05, 4.69) is 4.98 Å². The summed E-state index contributed by atoms with van der Waals surface area (Å²) < 4.78 is 38.2. The van der Waals surface area contributed by atoms with Crippen LogP contribution < -0.4 is 0 Å². The standard InChI is InChI=1S/C11H8F3NO2S2/c12-11(13,14)6-1-2-8-7(3-6)15-9(19-8)4-18-5-10(16)17/h1-3H,4-5H2,(H,16,17). The Kier molecular flexibility index (Phi) is 4.00. The summed E-state index contributed by atoms with van der Waals surface area (Å²) in [6.45, 7) is 0. The van der Waals surface area contributed by atoms with E-state index in [1.165, 1.54) is 29.2 Å². The van der Waals surface area contributed by atoms with Gasteiger partial charge in [0.2, 0.25) is 0 Å². The molecule has 0 fully saturated rings. The molecular weight excluding hydrogens is 299 g/mol. The molecule has 0 saturated heterocycles. The van der Waals surface area contributed by atoms with E-state index in [0.29, 0.717) is 21.0 Å². The molecule has 19 heavy (non-hydrogen) atoms. The van der Waals surface area contributed by atoms with E-state index in [1.807, 2.05) is 0 Å². The highest BCUT2D eigenvalue weighted by atomic mass is 32.2. The molecule has 0 unspecified atom stereocenters. The molecule has 3 nitrogen and oxygen atoms in total. The molecule has 1 N–H and O–H groups in total. The van der Waals surface area contributed by atoms with Crippen molar-refractivity contribution < 1.29 is 23.1 Å². The maximum absolute atomic E-state index is 12.5. The maximum atomic E-state index is 12.5. The number of hydrogen-bond donors (Lipinski definition) is 1. The summed E-state index contributed by atoms with van der Waals surface area (Å²) in [7, 11) is 0. The second-order valence-corrected chi connectivity index (χ2v) is 5.78. The summed E-state index contributed by atoms with van der Waals surface area (Å²) >= 11 is 2.44. The Labute approximate surface area is 114 Å². The molecular formula is C11H8F3NO2S2. The summed E-state index contributed by atoms with van der Waals surface area (Å²) in [5.74, 6) is -0.595. The Morgan fingerprint density at radius 2 is 2.16 bits per heavy atom. The van der Waals surface area contributed by atoms with Crippen LogP contribution in [-0.4, -0.2) is 21.8 Å². The van der Waals surface area contributed by atoms with Crippen LogP contribution in [0.1, 0.15) is 10.6 Å². The van der Waals surface area contributed by atoms with E-state index in [1.54, 1.807) is 0 Å². The minimum atomic E-state index is -4.38. The molecule has 0 aliphatic heterocycles. The highest BCUT2D eigenvalue weighted by molar-refractivity contribution is 7.99. The van der Waals surface area contributed by atoms with E-state index >= 15 is 0 Å². The predicted molar refractivity (Wildman–Crippen MR) is 68.4 cm³/mol. The number of halogens is 3. The number of thioether (sulfide) groups is 1. The molecule has 2 rings (SSSR count). The number of carbonyl (C=O) groups is 1. The van der Waals surface area contributed by atoms with Crippen molar-refractivity contribution in [1.82, 2.24) is 4.98 Å². The van der Waals surface area contributed by atoms with Gasteiger partial charge in [-0.15, -0.1) is 23.1 Å². The topological polar surface area (TPSA) is 50.2 Å². The fourth-order valence-electron chi connectivity index (χ4n) is 1.44. The van der Waals surface area contributed by atoms with E-state index < -0.39 is 17.7 Å². The van der Waals surface area contributed by atoms with Crippen LogP contribution in [0.2, 0.25) is 0 Å². The van der Waals surface area contributed by atoms with Crippen LogP contribution in [0.25, 0.3) is 10.2 Å². The number of carboxylic acids is 1. The number of carboxylic acid groups (broad SMARTS) is 1. The van der Waals surface area contributed by atoms with Gasteiger partial charge in [-0.3, -0.25) is 4.79 Å². The van der Waals surface area contributed by atoms with Crippen molar-refractivity contribution in [3.8, 4) is 0 Å². The maximum Gasteiger partial charge on any atom is 0.416 e. The molecule has 1 heterocycles. The van der Waals surface area contributed by atoms with Gasteiger partial charge in [-0.1, -0.05) is 0 Å². The molecule has 0 aliphatic rings. The van der Waals surface area contributed by atoms with Crippen molar-refractivity contribution in [3.63, 3.8) is 0 Å². The average molecular weight is 307 g/mol. The fraction of sp³-hybridized carbons (Fsp3) is 0.273. The summed E-state index contributed by atoms with van der Waals surface area (Å²) in [6, 6.07) is 3.42. The van der Waals surface area contributed by atoms with E-state index in [9.17, 15) is 18.0 Å². The van der Waals surface area contributed by atoms with Crippen molar-refractivity contribution in [2.75, 3.05) is 5.75 Å². The molecule has 0 aliphatic carbocycles. The third-order valence-electron chi connectivity index (χ3n) is 2.21. The highest BCUT2D eigenvalue weighted by Crippen LogP contribution is 2.33. The number of aliphatic carboxylic acids is 1. The summed E-state index contributed by atoms with van der Waals surface area (Å²) in [4.78, 5) is 14.4. The molecule has 0 saturated carbocycles. The quantitative estimate of drug-likeness (QED) is 0.937. The smallest absolute Gasteiger partial charge is 0.416 e. The van der Waals surface area contributed by atoms with E-state index in [0.717, 1.165) is 12.1 Å². The minimum Gasteiger partial charge on any atom is -0.481 e. The highest BCUT2D eigenvalue weighted by Gasteiger charge is 2.30. The molecule has 1 aromatic carbocycles. The Morgan fingerprint density at radius 3 is 2.79 bits per heavy atom. The lowest BCUT2D eigenvalue weighted by Crippen LogP contribution is -2.03. The number of alkyl halides is 3. The number of aromatic nitrogens is 1. The van der Waals surface area contributed by atoms with Crippen molar-refractivity contribution in [2.45, 2.75) is 11.9 Å². The Bertz CT molecular complexity index is 609. The Balaban J connectivity index is 2.18. The molecule has 0 radical (unpaired) electrons. The lowest BCUT2D eigenvalue weighted by molar-refractivity contribution is -0.137. The van der Waals surface area contributed by atoms with Gasteiger partial charge in [0, 0.05) is 5.75 Å². The first-order valence-corrected chi connectivity index (χ1v) is 7.09. The first kappa shape index (κ1) is 14.1. The van der Waals surface area contributed by atoms with Gasteiger partial charge in [-0.2, -0.15) is 13.2 Å². The average Bonchev–Trinajstić information content (AvgIpc) is 2.68. The molecule has 2 aromatic rings. The second-order valence-electron chi connectivity index (χ2n) is 3.67. The van der Waals surface area contributed by atoms with Gasteiger partial charge in [0.25, 0.3) is 0 Å². The Morgan fingerprint density at radius 1 is 1.42 bits per heavy atom. The zero-order valence-corrected chi connectivity index (χ0v) is 11.0. The lowest BCUT2D eigenvalue weighted by atomic mass is 10.2. The fourth-order valence-corrected chi connectivity index (χ4v) is 3.18. The number of fused-ring (bicyclic) bond motifs is 1. The number of thiazole rings is 1. The molecule has 0 amide bonds. The third kappa shape index (κ3) is 3.60. The predicted octanol–water partition coefficient (Wildman–Crippen LogP) is 3.63. The Hall–Kier alpha value is -1.28. The number of benzene rings is 1. The van der Waals surface area contributed by atoms with Crippen LogP contribution in [0, 0.1) is 0 Å². The van der Waals surface area contributed by atoms with Crippen LogP contribution in [-0.2, 0) is 16.7 Å². The molecule has 102 valence electrons. The van der Waals surface area contributed by atoms with Gasteiger partial charge < -0.3 is 5.11 Å². The van der Waals surface area contributed by atoms with Crippen molar-refractivity contribution in [1.29, 1.82) is 0 Å². The SMILES string of the molecule is O=C(O)CSCc1nc2cc(C(F)(F)F)ccc2s1. The van der Waals surface area contributed by atoms with Crippen LogP contribution in [0.15, 0.2) is 18.2 Å². The zero-order chi connectivity index (χ0) is 14.0. The first-order chi connectivity index (χ1) is 8.86. The summed E-state index contributed by atoms with van der Waals surface area (Å²) in [5.41, 5.74) is -0.430. The monoisotopic (exact) mass is 307 g/mol. The van der Waals surface area contributed by atoms with Crippen molar-refractivity contribution in [2.24, 2.45) is 0 Å². The lowest BCUT2D eigenvalue weighted by Gasteiger charge is -2.04. The van der Waals surface area contributed by atoms with E-state index in [-0.39, 0.29) is 5.75 Å². The van der Waals surface area contributed by atoms with Crippen molar-refractivity contribution >= 4 is 39.3 Å². The summed E-state index contributed by atoms with van der Waals surface area (Å²) in [6.07, 6.45) is -4.38. The van der Waals surface area contributed by atoms with Gasteiger partial charge in [0.1, 0.15) is 5.01 Å². The first-order valence-electron chi connectivity index (χ1n) is 5.12. The van der Waals surface area contributed by atoms with Gasteiger partial charge >= 0.3 is 12.1 Å². The van der Waals surface area contributed by atoms with Crippen LogP contribution in [0.3, 0.4) is 0 Å². The summed E-state index contributed by atoms with van der Waals surface area (Å²) in [5, 5.41) is 9.12. The third-order valence-corrected chi connectivity index (χ3v) is 4.36. The van der Waals surface area contributed by atoms with E-state index in [4.69, 9.17) is 5.11 Å². The van der Waals surface area contributed by atoms with Crippen LogP contribution >= 0.6 is 23.1 Å². The normalized spacial score (nSPS) is 11.9. The number of rotatable bonds is 4. The van der Waals surface area contributed by atoms with Gasteiger partial charge in [0.15, 0.2) is 0 Å².